The summed E-state index contributed by atoms with van der Waals surface area (Å²) in [5.41, 5.74) is 3.07. The van der Waals surface area contributed by atoms with Gasteiger partial charge in [-0.15, -0.1) is 0 Å². The van der Waals surface area contributed by atoms with E-state index in [1.54, 1.807) is 27.8 Å². The van der Waals surface area contributed by atoms with E-state index in [1.807, 2.05) is 20.9 Å². The number of rotatable bonds is 5. The Kier molecular flexibility index (Phi) is 6.21. The van der Waals surface area contributed by atoms with E-state index in [2.05, 4.69) is 5.10 Å². The highest BCUT2D eigenvalue weighted by molar-refractivity contribution is 7.92. The molecule has 0 bridgehead atoms. The average molecular weight is 441 g/mol. The van der Waals surface area contributed by atoms with Crippen molar-refractivity contribution in [3.63, 3.8) is 0 Å². The van der Waals surface area contributed by atoms with Crippen LogP contribution < -0.4 is 4.31 Å². The number of morpholine rings is 1. The van der Waals surface area contributed by atoms with Gasteiger partial charge in [0.2, 0.25) is 15.9 Å². The first-order valence-electron chi connectivity index (χ1n) is 9.20. The summed E-state index contributed by atoms with van der Waals surface area (Å²) in [6.45, 7) is 4.65. The number of aromatic nitrogens is 2. The first-order chi connectivity index (χ1) is 13.6. The quantitative estimate of drug-likeness (QED) is 0.710. The number of benzene rings is 1. The summed E-state index contributed by atoms with van der Waals surface area (Å²) in [6, 6.07) is 6.14. The standard InChI is InChI=1S/C19H25ClN4O4S/c1-13-19(14(2)22(3)21-13)17-12-28-9-8-23(17)18(25)11-24(29(4,26)27)16-7-5-6-15(20)10-16/h5-7,10,17H,8-9,11-12H2,1-4H3/t17-/m1/s1. The summed E-state index contributed by atoms with van der Waals surface area (Å²) in [6.07, 6.45) is 1.08. The largest absolute Gasteiger partial charge is 0.377 e. The zero-order valence-corrected chi connectivity index (χ0v) is 18.5. The van der Waals surface area contributed by atoms with Gasteiger partial charge in [-0.2, -0.15) is 5.10 Å². The van der Waals surface area contributed by atoms with Crippen molar-refractivity contribution >= 4 is 33.2 Å². The highest BCUT2D eigenvalue weighted by atomic mass is 35.5. The van der Waals surface area contributed by atoms with Gasteiger partial charge in [-0.3, -0.25) is 13.8 Å². The van der Waals surface area contributed by atoms with Crippen molar-refractivity contribution < 1.29 is 17.9 Å². The molecular formula is C19H25ClN4O4S. The Labute approximate surface area is 176 Å². The monoisotopic (exact) mass is 440 g/mol. The van der Waals surface area contributed by atoms with Gasteiger partial charge in [0.1, 0.15) is 6.54 Å². The Bertz CT molecular complexity index is 1020. The lowest BCUT2D eigenvalue weighted by Gasteiger charge is -2.37. The fraction of sp³-hybridized carbons (Fsp3) is 0.474. The number of sulfonamides is 1. The molecule has 0 saturated carbocycles. The molecule has 10 heteroatoms. The van der Waals surface area contributed by atoms with E-state index in [9.17, 15) is 13.2 Å². The number of amides is 1. The van der Waals surface area contributed by atoms with E-state index < -0.39 is 10.0 Å². The van der Waals surface area contributed by atoms with Crippen LogP contribution in [0.1, 0.15) is 23.0 Å². The molecular weight excluding hydrogens is 416 g/mol. The number of carbonyl (C=O) groups excluding carboxylic acids is 1. The van der Waals surface area contributed by atoms with Crippen LogP contribution in [0.4, 0.5) is 5.69 Å². The van der Waals surface area contributed by atoms with Crippen LogP contribution in [0, 0.1) is 13.8 Å². The van der Waals surface area contributed by atoms with Crippen molar-refractivity contribution in [2.24, 2.45) is 7.05 Å². The Morgan fingerprint density at radius 1 is 1.38 bits per heavy atom. The van der Waals surface area contributed by atoms with Crippen molar-refractivity contribution in [2.45, 2.75) is 19.9 Å². The second-order valence-electron chi connectivity index (χ2n) is 7.14. The molecule has 0 radical (unpaired) electrons. The molecule has 0 N–H and O–H groups in total. The van der Waals surface area contributed by atoms with Crippen LogP contribution in [0.2, 0.25) is 5.02 Å². The third kappa shape index (κ3) is 4.57. The maximum Gasteiger partial charge on any atom is 0.244 e. The molecule has 1 saturated heterocycles. The number of carbonyl (C=O) groups is 1. The molecule has 0 aliphatic carbocycles. The van der Waals surface area contributed by atoms with Crippen LogP contribution in [0.3, 0.4) is 0 Å². The molecule has 1 aliphatic heterocycles. The fourth-order valence-corrected chi connectivity index (χ4v) is 4.68. The summed E-state index contributed by atoms with van der Waals surface area (Å²) in [5.74, 6) is -0.300. The van der Waals surface area contributed by atoms with Gasteiger partial charge < -0.3 is 9.64 Å². The molecule has 1 aromatic heterocycles. The van der Waals surface area contributed by atoms with E-state index in [-0.39, 0.29) is 18.5 Å². The SMILES string of the molecule is Cc1nn(C)c(C)c1[C@H]1COCCN1C(=O)CN(c1cccc(Cl)c1)S(C)(=O)=O. The molecule has 158 valence electrons. The zero-order chi connectivity index (χ0) is 21.3. The minimum atomic E-state index is -3.68. The number of ether oxygens (including phenoxy) is 1. The molecule has 0 spiro atoms. The predicted molar refractivity (Wildman–Crippen MR) is 112 cm³/mol. The summed E-state index contributed by atoms with van der Waals surface area (Å²) in [5, 5.41) is 4.84. The molecule has 1 aromatic carbocycles. The Morgan fingerprint density at radius 2 is 2.10 bits per heavy atom. The van der Waals surface area contributed by atoms with Crippen molar-refractivity contribution in [2.75, 3.05) is 36.9 Å². The summed E-state index contributed by atoms with van der Waals surface area (Å²) in [7, 11) is -1.83. The molecule has 0 unspecified atom stereocenters. The van der Waals surface area contributed by atoms with Crippen LogP contribution in [0.25, 0.3) is 0 Å². The number of hydrogen-bond donors (Lipinski definition) is 0. The topological polar surface area (TPSA) is 84.7 Å². The van der Waals surface area contributed by atoms with Crippen molar-refractivity contribution in [1.82, 2.24) is 14.7 Å². The summed E-state index contributed by atoms with van der Waals surface area (Å²) >= 11 is 6.02. The number of halogens is 1. The maximum atomic E-state index is 13.2. The fourth-order valence-electron chi connectivity index (χ4n) is 3.66. The van der Waals surface area contributed by atoms with Crippen molar-refractivity contribution in [3.05, 3.63) is 46.2 Å². The molecule has 8 nitrogen and oxygen atoms in total. The van der Waals surface area contributed by atoms with Gasteiger partial charge in [0.25, 0.3) is 0 Å². The lowest BCUT2D eigenvalue weighted by atomic mass is 10.0. The normalized spacial score (nSPS) is 17.4. The molecule has 3 rings (SSSR count). The highest BCUT2D eigenvalue weighted by Crippen LogP contribution is 2.30. The Morgan fingerprint density at radius 3 is 2.69 bits per heavy atom. The minimum Gasteiger partial charge on any atom is -0.377 e. The van der Waals surface area contributed by atoms with Crippen LogP contribution in [-0.2, 0) is 26.6 Å². The number of aryl methyl sites for hydroxylation is 2. The first-order valence-corrected chi connectivity index (χ1v) is 11.4. The van der Waals surface area contributed by atoms with Crippen LogP contribution >= 0.6 is 11.6 Å². The molecule has 2 heterocycles. The summed E-state index contributed by atoms with van der Waals surface area (Å²) < 4.78 is 33.3. The third-order valence-corrected chi connectivity index (χ3v) is 6.50. The summed E-state index contributed by atoms with van der Waals surface area (Å²) in [4.78, 5) is 14.9. The van der Waals surface area contributed by atoms with Gasteiger partial charge in [0.05, 0.1) is 36.9 Å². The van der Waals surface area contributed by atoms with E-state index in [1.165, 1.54) is 6.07 Å². The first kappa shape index (κ1) is 21.6. The molecule has 1 amide bonds. The Hall–Kier alpha value is -2.10. The third-order valence-electron chi connectivity index (χ3n) is 5.12. The number of nitrogens with zero attached hydrogens (tertiary/aromatic N) is 4. The van der Waals surface area contributed by atoms with Gasteiger partial charge in [-0.1, -0.05) is 17.7 Å². The van der Waals surface area contributed by atoms with Gasteiger partial charge in [-0.25, -0.2) is 8.42 Å². The lowest BCUT2D eigenvalue weighted by Crippen LogP contribution is -2.48. The van der Waals surface area contributed by atoms with E-state index in [0.29, 0.717) is 30.5 Å². The second-order valence-corrected chi connectivity index (χ2v) is 9.48. The predicted octanol–water partition coefficient (Wildman–Crippen LogP) is 2.06. The van der Waals surface area contributed by atoms with Crippen LogP contribution in [0.15, 0.2) is 24.3 Å². The Balaban J connectivity index is 1.92. The molecule has 29 heavy (non-hydrogen) atoms. The molecule has 1 atom stereocenters. The van der Waals surface area contributed by atoms with Gasteiger partial charge in [0.15, 0.2) is 0 Å². The zero-order valence-electron chi connectivity index (χ0n) is 16.9. The van der Waals surface area contributed by atoms with Gasteiger partial charge >= 0.3 is 0 Å². The van der Waals surface area contributed by atoms with E-state index >= 15 is 0 Å². The van der Waals surface area contributed by atoms with Crippen LogP contribution in [-0.4, -0.2) is 61.6 Å². The van der Waals surface area contributed by atoms with Crippen molar-refractivity contribution in [3.8, 4) is 0 Å². The average Bonchev–Trinajstić information content (AvgIpc) is 2.90. The minimum absolute atomic E-state index is 0.300. The maximum absolute atomic E-state index is 13.2. The lowest BCUT2D eigenvalue weighted by molar-refractivity contribution is -0.138. The molecule has 2 aromatic rings. The highest BCUT2D eigenvalue weighted by Gasteiger charge is 2.34. The number of hydrogen-bond acceptors (Lipinski definition) is 5. The molecule has 1 fully saturated rings. The van der Waals surface area contributed by atoms with Gasteiger partial charge in [-0.05, 0) is 32.0 Å². The number of anilines is 1. The van der Waals surface area contributed by atoms with Crippen molar-refractivity contribution in [1.29, 1.82) is 0 Å². The molecule has 1 aliphatic rings. The van der Waals surface area contributed by atoms with E-state index in [0.717, 1.165) is 27.5 Å². The smallest absolute Gasteiger partial charge is 0.244 e. The van der Waals surface area contributed by atoms with Gasteiger partial charge in [0, 0.05) is 29.9 Å². The van der Waals surface area contributed by atoms with Crippen LogP contribution in [0.5, 0.6) is 0 Å². The van der Waals surface area contributed by atoms with E-state index in [4.69, 9.17) is 16.3 Å². The second kappa shape index (κ2) is 8.33.